The first-order valence-corrected chi connectivity index (χ1v) is 9.00. The summed E-state index contributed by atoms with van der Waals surface area (Å²) in [7, 11) is -1.36. The van der Waals surface area contributed by atoms with E-state index in [9.17, 15) is 8.42 Å². The Hall–Kier alpha value is -1.27. The summed E-state index contributed by atoms with van der Waals surface area (Å²) in [5.41, 5.74) is 0.979. The minimum absolute atomic E-state index is 0.0854. The Morgan fingerprint density at radius 2 is 2.14 bits per heavy atom. The number of para-hydroxylation sites is 1. The van der Waals surface area contributed by atoms with Crippen molar-refractivity contribution in [2.75, 3.05) is 18.6 Å². The second kappa shape index (κ2) is 6.66. The zero-order chi connectivity index (χ0) is 15.5. The first-order valence-electron chi connectivity index (χ1n) is 7.17. The molecule has 21 heavy (non-hydrogen) atoms. The minimum atomic E-state index is -2.96. The van der Waals surface area contributed by atoms with Crippen molar-refractivity contribution in [1.82, 2.24) is 5.32 Å². The fourth-order valence-electron chi connectivity index (χ4n) is 2.33. The summed E-state index contributed by atoms with van der Waals surface area (Å²) in [6, 6.07) is 6.07. The molecule has 5 nitrogen and oxygen atoms in total. The lowest BCUT2D eigenvalue weighted by Gasteiger charge is -2.19. The van der Waals surface area contributed by atoms with E-state index in [1.165, 1.54) is 0 Å². The summed E-state index contributed by atoms with van der Waals surface area (Å²) < 4.78 is 34.4. The fraction of sp³-hybridized carbons (Fsp3) is 0.600. The lowest BCUT2D eigenvalue weighted by molar-refractivity contribution is 0.215. The molecule has 0 amide bonds. The van der Waals surface area contributed by atoms with Gasteiger partial charge in [0.25, 0.3) is 0 Å². The van der Waals surface area contributed by atoms with Gasteiger partial charge in [0.1, 0.15) is 6.10 Å². The van der Waals surface area contributed by atoms with Crippen molar-refractivity contribution in [2.45, 2.75) is 39.0 Å². The van der Waals surface area contributed by atoms with Gasteiger partial charge in [0, 0.05) is 18.2 Å². The van der Waals surface area contributed by atoms with Gasteiger partial charge in [-0.25, -0.2) is 8.42 Å². The highest BCUT2D eigenvalue weighted by atomic mass is 32.2. The molecule has 0 aliphatic carbocycles. The van der Waals surface area contributed by atoms with Gasteiger partial charge >= 0.3 is 0 Å². The number of sulfone groups is 1. The standard InChI is InChI=1S/C15H23NO4S/c1-11(2)16-9-12-5-4-6-14(19-3)15(12)20-13-7-8-21(17,18)10-13/h4-6,11,13,16H,7-10H2,1-3H3. The quantitative estimate of drug-likeness (QED) is 0.867. The van der Waals surface area contributed by atoms with Crippen LogP contribution in [0.15, 0.2) is 18.2 Å². The van der Waals surface area contributed by atoms with Crippen LogP contribution in [0.2, 0.25) is 0 Å². The van der Waals surface area contributed by atoms with Gasteiger partial charge in [-0.2, -0.15) is 0 Å². The summed E-state index contributed by atoms with van der Waals surface area (Å²) in [5, 5.41) is 3.34. The molecule has 118 valence electrons. The highest BCUT2D eigenvalue weighted by molar-refractivity contribution is 7.91. The topological polar surface area (TPSA) is 64.6 Å². The largest absolute Gasteiger partial charge is 0.493 e. The van der Waals surface area contributed by atoms with Crippen molar-refractivity contribution < 1.29 is 17.9 Å². The number of rotatable bonds is 6. The molecule has 1 atom stereocenters. The van der Waals surface area contributed by atoms with Crippen LogP contribution < -0.4 is 14.8 Å². The van der Waals surface area contributed by atoms with Gasteiger partial charge in [-0.3, -0.25) is 0 Å². The number of nitrogens with one attached hydrogen (secondary N) is 1. The normalized spacial score (nSPS) is 20.7. The van der Waals surface area contributed by atoms with Crippen LogP contribution in [0.4, 0.5) is 0 Å². The molecular weight excluding hydrogens is 290 g/mol. The summed E-state index contributed by atoms with van der Waals surface area (Å²) in [5.74, 6) is 1.58. The predicted octanol–water partition coefficient (Wildman–Crippen LogP) is 1.76. The highest BCUT2D eigenvalue weighted by Crippen LogP contribution is 2.33. The number of hydrogen-bond donors (Lipinski definition) is 1. The SMILES string of the molecule is COc1cccc(CNC(C)C)c1OC1CCS(=O)(=O)C1. The third-order valence-corrected chi connectivity index (χ3v) is 5.19. The Morgan fingerprint density at radius 1 is 1.38 bits per heavy atom. The third kappa shape index (κ3) is 4.35. The van der Waals surface area contributed by atoms with E-state index < -0.39 is 9.84 Å². The van der Waals surface area contributed by atoms with Gasteiger partial charge < -0.3 is 14.8 Å². The Bertz CT molecular complexity index is 583. The molecule has 1 aliphatic heterocycles. The number of hydrogen-bond acceptors (Lipinski definition) is 5. The van der Waals surface area contributed by atoms with Crippen LogP contribution in [0, 0.1) is 0 Å². The van der Waals surface area contributed by atoms with Gasteiger partial charge in [0.05, 0.1) is 18.6 Å². The lowest BCUT2D eigenvalue weighted by atomic mass is 10.1. The van der Waals surface area contributed by atoms with E-state index in [0.29, 0.717) is 30.5 Å². The molecule has 0 spiro atoms. The van der Waals surface area contributed by atoms with Crippen LogP contribution in [0.1, 0.15) is 25.8 Å². The molecular formula is C15H23NO4S. The molecule has 2 rings (SSSR count). The molecule has 0 bridgehead atoms. The smallest absolute Gasteiger partial charge is 0.166 e. The molecule has 0 radical (unpaired) electrons. The molecule has 0 saturated carbocycles. The van der Waals surface area contributed by atoms with E-state index in [4.69, 9.17) is 9.47 Å². The van der Waals surface area contributed by atoms with E-state index in [0.717, 1.165) is 5.56 Å². The lowest BCUT2D eigenvalue weighted by Crippen LogP contribution is -2.24. The van der Waals surface area contributed by atoms with Crippen LogP contribution >= 0.6 is 0 Å². The van der Waals surface area contributed by atoms with Gasteiger partial charge in [-0.05, 0) is 12.5 Å². The van der Waals surface area contributed by atoms with Crippen LogP contribution in [-0.2, 0) is 16.4 Å². The third-order valence-electron chi connectivity index (χ3n) is 3.46. The van der Waals surface area contributed by atoms with Gasteiger partial charge in [0.2, 0.25) is 0 Å². The zero-order valence-corrected chi connectivity index (χ0v) is 13.6. The molecule has 6 heteroatoms. The second-order valence-corrected chi connectivity index (χ2v) is 7.86. The average molecular weight is 313 g/mol. The Labute approximate surface area is 126 Å². The Balaban J connectivity index is 2.19. The van der Waals surface area contributed by atoms with Crippen LogP contribution in [0.3, 0.4) is 0 Å². The number of ether oxygens (including phenoxy) is 2. The van der Waals surface area contributed by atoms with Crippen LogP contribution in [0.25, 0.3) is 0 Å². The van der Waals surface area contributed by atoms with E-state index >= 15 is 0 Å². The van der Waals surface area contributed by atoms with Crippen molar-refractivity contribution in [3.63, 3.8) is 0 Å². The average Bonchev–Trinajstić information content (AvgIpc) is 2.76. The first kappa shape index (κ1) is 16.1. The van der Waals surface area contributed by atoms with Crippen molar-refractivity contribution in [2.24, 2.45) is 0 Å². The molecule has 1 saturated heterocycles. The predicted molar refractivity (Wildman–Crippen MR) is 82.7 cm³/mol. The fourth-order valence-corrected chi connectivity index (χ4v) is 3.92. The number of methoxy groups -OCH3 is 1. The minimum Gasteiger partial charge on any atom is -0.493 e. The van der Waals surface area contributed by atoms with E-state index in [-0.39, 0.29) is 17.6 Å². The molecule has 1 aromatic rings. The summed E-state index contributed by atoms with van der Waals surface area (Å²) in [6.45, 7) is 4.80. The molecule has 1 unspecified atom stereocenters. The van der Waals surface area contributed by atoms with Crippen molar-refractivity contribution in [3.8, 4) is 11.5 Å². The molecule has 1 aliphatic rings. The Morgan fingerprint density at radius 3 is 2.71 bits per heavy atom. The molecule has 1 fully saturated rings. The molecule has 1 N–H and O–H groups in total. The molecule has 0 aromatic heterocycles. The second-order valence-electron chi connectivity index (χ2n) is 5.63. The zero-order valence-electron chi connectivity index (χ0n) is 12.8. The summed E-state index contributed by atoms with van der Waals surface area (Å²) in [4.78, 5) is 0. The first-order chi connectivity index (χ1) is 9.91. The Kier molecular flexibility index (Phi) is 5.11. The van der Waals surface area contributed by atoms with Gasteiger partial charge in [0.15, 0.2) is 21.3 Å². The maximum absolute atomic E-state index is 11.6. The maximum atomic E-state index is 11.6. The van der Waals surface area contributed by atoms with Crippen molar-refractivity contribution >= 4 is 9.84 Å². The number of benzene rings is 1. The van der Waals surface area contributed by atoms with Gasteiger partial charge in [-0.1, -0.05) is 26.0 Å². The van der Waals surface area contributed by atoms with Crippen molar-refractivity contribution in [1.29, 1.82) is 0 Å². The highest BCUT2D eigenvalue weighted by Gasteiger charge is 2.30. The monoisotopic (exact) mass is 313 g/mol. The van der Waals surface area contributed by atoms with Crippen LogP contribution in [0.5, 0.6) is 11.5 Å². The molecule has 1 aromatic carbocycles. The van der Waals surface area contributed by atoms with Crippen LogP contribution in [-0.4, -0.2) is 39.2 Å². The van der Waals surface area contributed by atoms with E-state index in [1.807, 2.05) is 18.2 Å². The summed E-state index contributed by atoms with van der Waals surface area (Å²) in [6.07, 6.45) is 0.251. The summed E-state index contributed by atoms with van der Waals surface area (Å²) >= 11 is 0. The van der Waals surface area contributed by atoms with E-state index in [2.05, 4.69) is 19.2 Å². The van der Waals surface area contributed by atoms with Gasteiger partial charge in [-0.15, -0.1) is 0 Å². The van der Waals surface area contributed by atoms with Crippen molar-refractivity contribution in [3.05, 3.63) is 23.8 Å². The molecule has 1 heterocycles. The maximum Gasteiger partial charge on any atom is 0.166 e. The van der Waals surface area contributed by atoms with E-state index in [1.54, 1.807) is 7.11 Å².